The molecular formula is C10H10ClNO. The van der Waals surface area contributed by atoms with Crippen molar-refractivity contribution >= 4 is 22.5 Å². The number of fused-ring (bicyclic) bond motifs is 1. The summed E-state index contributed by atoms with van der Waals surface area (Å²) in [5.74, 6) is 0. The molecule has 0 radical (unpaired) electrons. The van der Waals surface area contributed by atoms with Crippen molar-refractivity contribution in [1.29, 1.82) is 0 Å². The minimum Gasteiger partial charge on any atom is -0.374 e. The molecule has 0 spiro atoms. The van der Waals surface area contributed by atoms with Gasteiger partial charge in [-0.3, -0.25) is 4.79 Å². The molecule has 13 heavy (non-hydrogen) atoms. The van der Waals surface area contributed by atoms with Crippen molar-refractivity contribution in [2.45, 2.75) is 18.9 Å². The highest BCUT2D eigenvalue weighted by Gasteiger charge is 2.21. The lowest BCUT2D eigenvalue weighted by Crippen LogP contribution is -2.30. The van der Waals surface area contributed by atoms with E-state index in [1.807, 2.05) is 18.2 Å². The summed E-state index contributed by atoms with van der Waals surface area (Å²) in [5, 5.41) is 2.82. The number of benzene rings is 1. The van der Waals surface area contributed by atoms with E-state index < -0.39 is 0 Å². The van der Waals surface area contributed by atoms with Crippen LogP contribution in [0.4, 0.5) is 5.69 Å². The topological polar surface area (TPSA) is 29.1 Å². The third-order valence-corrected chi connectivity index (χ3v) is 2.59. The minimum atomic E-state index is -0.297. The van der Waals surface area contributed by atoms with E-state index in [1.165, 1.54) is 5.56 Å². The predicted octanol–water partition coefficient (Wildman–Crippen LogP) is 2.18. The summed E-state index contributed by atoms with van der Waals surface area (Å²) in [7, 11) is 0. The van der Waals surface area contributed by atoms with E-state index in [0.29, 0.717) is 0 Å². The first-order valence-electron chi connectivity index (χ1n) is 4.31. The van der Waals surface area contributed by atoms with Crippen molar-refractivity contribution in [3.8, 4) is 0 Å². The van der Waals surface area contributed by atoms with Gasteiger partial charge in [0.1, 0.15) is 6.04 Å². The van der Waals surface area contributed by atoms with Gasteiger partial charge in [0, 0.05) is 5.69 Å². The molecule has 0 aromatic heterocycles. The third-order valence-electron chi connectivity index (χ3n) is 2.32. The van der Waals surface area contributed by atoms with Gasteiger partial charge in [0.25, 0.3) is 0 Å². The number of carbonyl (C=O) groups is 1. The monoisotopic (exact) mass is 195 g/mol. The molecule has 1 atom stereocenters. The molecular weight excluding hydrogens is 186 g/mol. The first kappa shape index (κ1) is 8.57. The molecule has 0 aliphatic carbocycles. The maximum Gasteiger partial charge on any atom is 0.243 e. The highest BCUT2D eigenvalue weighted by atomic mass is 35.5. The zero-order chi connectivity index (χ0) is 9.26. The molecule has 1 aromatic rings. The minimum absolute atomic E-state index is 0.212. The van der Waals surface area contributed by atoms with Gasteiger partial charge in [-0.2, -0.15) is 0 Å². The lowest BCUT2D eigenvalue weighted by Gasteiger charge is -2.23. The van der Waals surface area contributed by atoms with Crippen molar-refractivity contribution in [2.75, 3.05) is 5.32 Å². The van der Waals surface area contributed by atoms with Gasteiger partial charge in [0.15, 0.2) is 0 Å². The number of hydrogen-bond acceptors (Lipinski definition) is 2. The Morgan fingerprint density at radius 2 is 2.23 bits per heavy atom. The van der Waals surface area contributed by atoms with E-state index >= 15 is 0 Å². The third kappa shape index (κ3) is 1.68. The molecule has 3 heteroatoms. The first-order valence-corrected chi connectivity index (χ1v) is 4.69. The molecule has 1 aliphatic heterocycles. The van der Waals surface area contributed by atoms with Crippen molar-refractivity contribution < 1.29 is 4.79 Å². The molecule has 1 unspecified atom stereocenters. The Kier molecular flexibility index (Phi) is 2.23. The van der Waals surface area contributed by atoms with Crippen LogP contribution >= 0.6 is 11.6 Å². The molecule has 0 saturated carbocycles. The Balaban J connectivity index is 2.24. The van der Waals surface area contributed by atoms with E-state index in [1.54, 1.807) is 0 Å². The maximum atomic E-state index is 10.9. The fourth-order valence-corrected chi connectivity index (χ4v) is 1.77. The standard InChI is InChI=1S/C10H10ClNO/c11-10(13)9-6-5-7-3-1-2-4-8(7)12-9/h1-4,9,12H,5-6H2. The largest absolute Gasteiger partial charge is 0.374 e. The van der Waals surface area contributed by atoms with Crippen LogP contribution in [0.15, 0.2) is 24.3 Å². The molecule has 2 rings (SSSR count). The normalized spacial score (nSPS) is 20.2. The zero-order valence-corrected chi connectivity index (χ0v) is 7.84. The number of carbonyl (C=O) groups excluding carboxylic acids is 1. The molecule has 0 amide bonds. The molecule has 68 valence electrons. The van der Waals surface area contributed by atoms with E-state index in [0.717, 1.165) is 18.5 Å². The van der Waals surface area contributed by atoms with Crippen LogP contribution in [0.3, 0.4) is 0 Å². The molecule has 1 heterocycles. The van der Waals surface area contributed by atoms with Crippen molar-refractivity contribution in [3.05, 3.63) is 29.8 Å². The number of halogens is 1. The quantitative estimate of drug-likeness (QED) is 0.696. The molecule has 1 N–H and O–H groups in total. The second kappa shape index (κ2) is 3.38. The molecule has 2 nitrogen and oxygen atoms in total. The molecule has 1 aromatic carbocycles. The number of aryl methyl sites for hydroxylation is 1. The molecule has 1 aliphatic rings. The average Bonchev–Trinajstić information content (AvgIpc) is 2.17. The smallest absolute Gasteiger partial charge is 0.243 e. The maximum absolute atomic E-state index is 10.9. The second-order valence-corrected chi connectivity index (χ2v) is 3.57. The fourth-order valence-electron chi connectivity index (χ4n) is 1.61. The Hall–Kier alpha value is -1.02. The van der Waals surface area contributed by atoms with E-state index in [2.05, 4.69) is 11.4 Å². The van der Waals surface area contributed by atoms with Gasteiger partial charge in [-0.1, -0.05) is 18.2 Å². The summed E-state index contributed by atoms with van der Waals surface area (Å²) < 4.78 is 0. The fraction of sp³-hybridized carbons (Fsp3) is 0.300. The van der Waals surface area contributed by atoms with Crippen molar-refractivity contribution in [1.82, 2.24) is 0 Å². The summed E-state index contributed by atoms with van der Waals surface area (Å²) in [5.41, 5.74) is 2.30. The van der Waals surface area contributed by atoms with Crippen molar-refractivity contribution in [3.63, 3.8) is 0 Å². The van der Waals surface area contributed by atoms with Gasteiger partial charge in [0.05, 0.1) is 0 Å². The van der Waals surface area contributed by atoms with E-state index in [4.69, 9.17) is 11.6 Å². The van der Waals surface area contributed by atoms with Gasteiger partial charge < -0.3 is 5.32 Å². The summed E-state index contributed by atoms with van der Waals surface area (Å²) in [6.07, 6.45) is 1.71. The van der Waals surface area contributed by atoms with Crippen LogP contribution in [0.5, 0.6) is 0 Å². The summed E-state index contributed by atoms with van der Waals surface area (Å²) >= 11 is 5.42. The number of rotatable bonds is 1. The molecule has 0 fully saturated rings. The van der Waals surface area contributed by atoms with Crippen LogP contribution in [0.25, 0.3) is 0 Å². The highest BCUT2D eigenvalue weighted by molar-refractivity contribution is 6.65. The van der Waals surface area contributed by atoms with Crippen molar-refractivity contribution in [2.24, 2.45) is 0 Å². The summed E-state index contributed by atoms with van der Waals surface area (Å²) in [6.45, 7) is 0. The van der Waals surface area contributed by atoms with Crippen LogP contribution in [0, 0.1) is 0 Å². The average molecular weight is 196 g/mol. The number of para-hydroxylation sites is 1. The van der Waals surface area contributed by atoms with Crippen LogP contribution in [-0.2, 0) is 11.2 Å². The first-order chi connectivity index (χ1) is 6.27. The highest BCUT2D eigenvalue weighted by Crippen LogP contribution is 2.24. The number of hydrogen-bond donors (Lipinski definition) is 1. The lowest BCUT2D eigenvalue weighted by molar-refractivity contribution is -0.112. The van der Waals surface area contributed by atoms with Gasteiger partial charge in [-0.05, 0) is 36.1 Å². The summed E-state index contributed by atoms with van der Waals surface area (Å²) in [4.78, 5) is 10.9. The number of anilines is 1. The van der Waals surface area contributed by atoms with Gasteiger partial charge in [0.2, 0.25) is 5.24 Å². The Labute approximate surface area is 81.9 Å². The van der Waals surface area contributed by atoms with Gasteiger partial charge in [-0.25, -0.2) is 0 Å². The van der Waals surface area contributed by atoms with E-state index in [-0.39, 0.29) is 11.3 Å². The molecule has 0 saturated heterocycles. The Morgan fingerprint density at radius 3 is 3.00 bits per heavy atom. The SMILES string of the molecule is O=C(Cl)C1CCc2ccccc2N1. The summed E-state index contributed by atoms with van der Waals surface area (Å²) in [6, 6.07) is 7.78. The van der Waals surface area contributed by atoms with Crippen LogP contribution < -0.4 is 5.32 Å². The predicted molar refractivity (Wildman–Crippen MR) is 53.0 cm³/mol. The number of nitrogens with one attached hydrogen (secondary N) is 1. The second-order valence-electron chi connectivity index (χ2n) is 3.20. The Morgan fingerprint density at radius 1 is 1.46 bits per heavy atom. The Bertz CT molecular complexity index is 337. The van der Waals surface area contributed by atoms with Gasteiger partial charge in [-0.15, -0.1) is 0 Å². The van der Waals surface area contributed by atoms with Crippen LogP contribution in [0.2, 0.25) is 0 Å². The lowest BCUT2D eigenvalue weighted by atomic mass is 9.99. The van der Waals surface area contributed by atoms with Crippen LogP contribution in [-0.4, -0.2) is 11.3 Å². The zero-order valence-electron chi connectivity index (χ0n) is 7.09. The van der Waals surface area contributed by atoms with Crippen LogP contribution in [0.1, 0.15) is 12.0 Å². The molecule has 0 bridgehead atoms. The van der Waals surface area contributed by atoms with E-state index in [9.17, 15) is 4.79 Å². The van der Waals surface area contributed by atoms with Gasteiger partial charge >= 0.3 is 0 Å².